The molecule has 2 aliphatic rings. The van der Waals surface area contributed by atoms with E-state index in [-0.39, 0.29) is 5.91 Å². The van der Waals surface area contributed by atoms with Gasteiger partial charge in [0, 0.05) is 38.0 Å². The summed E-state index contributed by atoms with van der Waals surface area (Å²) in [6.45, 7) is 3.45. The Hall–Kier alpha value is -1.55. The maximum atomic E-state index is 12.9. The Bertz CT molecular complexity index is 514. The molecule has 1 fully saturated rings. The molecule has 0 bridgehead atoms. The number of hydrogen-bond acceptors (Lipinski definition) is 3. The summed E-state index contributed by atoms with van der Waals surface area (Å²) in [4.78, 5) is 14.9. The van der Waals surface area contributed by atoms with Crippen LogP contribution in [-0.2, 0) is 11.2 Å². The summed E-state index contributed by atoms with van der Waals surface area (Å²) in [7, 11) is 1.74. The van der Waals surface area contributed by atoms with Crippen molar-refractivity contribution in [3.8, 4) is 0 Å². The minimum Gasteiger partial charge on any atom is -0.385 e. The van der Waals surface area contributed by atoms with Gasteiger partial charge in [-0.2, -0.15) is 0 Å². The van der Waals surface area contributed by atoms with Crippen LogP contribution in [0.3, 0.4) is 0 Å². The van der Waals surface area contributed by atoms with Gasteiger partial charge >= 0.3 is 0 Å². The molecule has 0 aromatic heterocycles. The van der Waals surface area contributed by atoms with Gasteiger partial charge in [-0.15, -0.1) is 0 Å². The van der Waals surface area contributed by atoms with Gasteiger partial charge < -0.3 is 15.0 Å². The first-order valence-electron chi connectivity index (χ1n) is 7.93. The topological polar surface area (TPSA) is 41.6 Å². The maximum absolute atomic E-state index is 12.9. The van der Waals surface area contributed by atoms with Crippen LogP contribution in [0.25, 0.3) is 0 Å². The fraction of sp³-hybridized carbons (Fsp3) is 0.588. The van der Waals surface area contributed by atoms with Gasteiger partial charge in [0.25, 0.3) is 5.91 Å². The number of methoxy groups -OCH3 is 1. The van der Waals surface area contributed by atoms with Crippen molar-refractivity contribution in [3.63, 3.8) is 0 Å². The number of rotatable bonds is 3. The van der Waals surface area contributed by atoms with Crippen molar-refractivity contribution in [2.75, 3.05) is 38.7 Å². The van der Waals surface area contributed by atoms with E-state index in [0.29, 0.717) is 5.92 Å². The molecule has 1 amide bonds. The molecule has 21 heavy (non-hydrogen) atoms. The molecule has 2 aliphatic heterocycles. The summed E-state index contributed by atoms with van der Waals surface area (Å²) in [6, 6.07) is 6.05. The first-order chi connectivity index (χ1) is 10.3. The summed E-state index contributed by atoms with van der Waals surface area (Å²) >= 11 is 0. The van der Waals surface area contributed by atoms with E-state index in [1.807, 2.05) is 17.0 Å². The minimum atomic E-state index is 0.191. The van der Waals surface area contributed by atoms with Crippen molar-refractivity contribution in [1.82, 2.24) is 4.90 Å². The highest BCUT2D eigenvalue weighted by molar-refractivity contribution is 5.97. The van der Waals surface area contributed by atoms with Gasteiger partial charge in [0.05, 0.1) is 6.61 Å². The smallest absolute Gasteiger partial charge is 0.254 e. The lowest BCUT2D eigenvalue weighted by Gasteiger charge is -2.33. The van der Waals surface area contributed by atoms with Crippen LogP contribution in [0, 0.1) is 5.92 Å². The zero-order valence-electron chi connectivity index (χ0n) is 12.7. The summed E-state index contributed by atoms with van der Waals surface area (Å²) in [5.74, 6) is 0.668. The van der Waals surface area contributed by atoms with Crippen molar-refractivity contribution >= 4 is 11.6 Å². The fourth-order valence-electron chi connectivity index (χ4n) is 3.50. The van der Waals surface area contributed by atoms with Crippen molar-refractivity contribution in [2.24, 2.45) is 5.92 Å². The molecular weight excluding hydrogens is 264 g/mol. The summed E-state index contributed by atoms with van der Waals surface area (Å²) in [5.41, 5.74) is 3.22. The molecule has 114 valence electrons. The van der Waals surface area contributed by atoms with Gasteiger partial charge in [-0.3, -0.25) is 4.79 Å². The van der Waals surface area contributed by atoms with E-state index in [1.54, 1.807) is 7.11 Å². The van der Waals surface area contributed by atoms with Crippen LogP contribution < -0.4 is 5.32 Å². The number of carbonyl (C=O) groups is 1. The van der Waals surface area contributed by atoms with Crippen LogP contribution in [0.5, 0.6) is 0 Å². The van der Waals surface area contributed by atoms with E-state index in [1.165, 1.54) is 5.56 Å². The minimum absolute atomic E-state index is 0.191. The average molecular weight is 288 g/mol. The fourth-order valence-corrected chi connectivity index (χ4v) is 3.50. The van der Waals surface area contributed by atoms with E-state index >= 15 is 0 Å². The predicted octanol–water partition coefficient (Wildman–Crippen LogP) is 2.54. The molecule has 0 radical (unpaired) electrons. The number of carbonyl (C=O) groups excluding carboxylic acids is 1. The molecule has 4 nitrogen and oxygen atoms in total. The third-order valence-electron chi connectivity index (χ3n) is 4.53. The Kier molecular flexibility index (Phi) is 4.44. The molecule has 1 aromatic rings. The quantitative estimate of drug-likeness (QED) is 0.929. The first-order valence-corrected chi connectivity index (χ1v) is 7.93. The highest BCUT2D eigenvalue weighted by atomic mass is 16.5. The highest BCUT2D eigenvalue weighted by Crippen LogP contribution is 2.27. The molecule has 1 aromatic carbocycles. The van der Waals surface area contributed by atoms with Crippen molar-refractivity contribution in [1.29, 1.82) is 0 Å². The van der Waals surface area contributed by atoms with E-state index in [4.69, 9.17) is 4.74 Å². The molecule has 2 heterocycles. The van der Waals surface area contributed by atoms with Crippen molar-refractivity contribution in [3.05, 3.63) is 29.3 Å². The number of amides is 1. The van der Waals surface area contributed by atoms with Gasteiger partial charge in [-0.1, -0.05) is 6.07 Å². The number of benzene rings is 1. The predicted molar refractivity (Wildman–Crippen MR) is 83.8 cm³/mol. The largest absolute Gasteiger partial charge is 0.385 e. The third kappa shape index (κ3) is 3.05. The van der Waals surface area contributed by atoms with Gasteiger partial charge in [0.2, 0.25) is 0 Å². The van der Waals surface area contributed by atoms with Crippen LogP contribution >= 0.6 is 0 Å². The second-order valence-corrected chi connectivity index (χ2v) is 6.08. The SMILES string of the molecule is COCC1CCCN(C(=O)c2cccc3c2CCCN3)C1. The van der Waals surface area contributed by atoms with Crippen LogP contribution in [0.15, 0.2) is 18.2 Å². The number of likely N-dealkylation sites (tertiary alicyclic amines) is 1. The van der Waals surface area contributed by atoms with E-state index in [9.17, 15) is 4.79 Å². The Balaban J connectivity index is 1.79. The molecule has 0 spiro atoms. The van der Waals surface area contributed by atoms with Crippen LogP contribution in [-0.4, -0.2) is 44.2 Å². The third-order valence-corrected chi connectivity index (χ3v) is 4.53. The van der Waals surface area contributed by atoms with Gasteiger partial charge in [-0.05, 0) is 49.3 Å². The van der Waals surface area contributed by atoms with Gasteiger partial charge in [0.1, 0.15) is 0 Å². The highest BCUT2D eigenvalue weighted by Gasteiger charge is 2.26. The lowest BCUT2D eigenvalue weighted by Crippen LogP contribution is -2.41. The lowest BCUT2D eigenvalue weighted by atomic mass is 9.94. The number of hydrogen-bond donors (Lipinski definition) is 1. The molecule has 3 rings (SSSR count). The van der Waals surface area contributed by atoms with Crippen LogP contribution in [0.4, 0.5) is 5.69 Å². The molecule has 1 N–H and O–H groups in total. The molecular formula is C17H24N2O2. The summed E-state index contributed by atoms with van der Waals surface area (Å²) in [6.07, 6.45) is 4.34. The summed E-state index contributed by atoms with van der Waals surface area (Å²) < 4.78 is 5.26. The molecule has 0 aliphatic carbocycles. The molecule has 4 heteroatoms. The normalized spacial score (nSPS) is 21.6. The maximum Gasteiger partial charge on any atom is 0.254 e. The van der Waals surface area contributed by atoms with Crippen LogP contribution in [0.2, 0.25) is 0 Å². The van der Waals surface area contributed by atoms with E-state index < -0.39 is 0 Å². The Labute approximate surface area is 126 Å². The van der Waals surface area contributed by atoms with Gasteiger partial charge in [-0.25, -0.2) is 0 Å². The molecule has 1 saturated heterocycles. The molecule has 1 atom stereocenters. The second-order valence-electron chi connectivity index (χ2n) is 6.08. The summed E-state index contributed by atoms with van der Waals surface area (Å²) in [5, 5.41) is 3.40. The zero-order chi connectivity index (χ0) is 14.7. The Morgan fingerprint density at radius 2 is 2.33 bits per heavy atom. The van der Waals surface area contributed by atoms with Gasteiger partial charge in [0.15, 0.2) is 0 Å². The standard InChI is InChI=1S/C17H24N2O2/c1-21-12-13-5-4-10-19(11-13)17(20)15-6-2-8-16-14(15)7-3-9-18-16/h2,6,8,13,18H,3-5,7,9-12H2,1H3. The number of piperidine rings is 1. The second kappa shape index (κ2) is 6.48. The first kappa shape index (κ1) is 14.4. The number of anilines is 1. The number of fused-ring (bicyclic) bond motifs is 1. The van der Waals surface area contributed by atoms with E-state index in [0.717, 1.165) is 63.2 Å². The Morgan fingerprint density at radius 1 is 1.43 bits per heavy atom. The lowest BCUT2D eigenvalue weighted by molar-refractivity contribution is 0.0570. The van der Waals surface area contributed by atoms with Crippen molar-refractivity contribution in [2.45, 2.75) is 25.7 Å². The monoisotopic (exact) mass is 288 g/mol. The van der Waals surface area contributed by atoms with Crippen LogP contribution in [0.1, 0.15) is 35.2 Å². The Morgan fingerprint density at radius 3 is 3.19 bits per heavy atom. The molecule has 1 unspecified atom stereocenters. The zero-order valence-corrected chi connectivity index (χ0v) is 12.7. The molecule has 0 saturated carbocycles. The van der Waals surface area contributed by atoms with Crippen molar-refractivity contribution < 1.29 is 9.53 Å². The van der Waals surface area contributed by atoms with E-state index in [2.05, 4.69) is 11.4 Å². The number of nitrogens with zero attached hydrogens (tertiary/aromatic N) is 1. The number of ether oxygens (including phenoxy) is 1. The average Bonchev–Trinajstić information content (AvgIpc) is 2.54. The number of nitrogens with one attached hydrogen (secondary N) is 1.